The second-order valence-electron chi connectivity index (χ2n) is 5.27. The van der Waals surface area contributed by atoms with Crippen molar-refractivity contribution in [2.75, 3.05) is 26.1 Å². The SMILES string of the molecule is COc1cc(CBr)ccc1C(=O)C(=O)c1ccc(N(C)C)cc1. The molecule has 0 bridgehead atoms. The topological polar surface area (TPSA) is 46.6 Å². The minimum Gasteiger partial charge on any atom is -0.496 e. The average Bonchev–Trinajstić information content (AvgIpc) is 2.59. The summed E-state index contributed by atoms with van der Waals surface area (Å²) in [6, 6.07) is 12.1. The summed E-state index contributed by atoms with van der Waals surface area (Å²) >= 11 is 3.36. The largest absolute Gasteiger partial charge is 0.496 e. The van der Waals surface area contributed by atoms with E-state index < -0.39 is 11.6 Å². The first-order chi connectivity index (χ1) is 11.0. The van der Waals surface area contributed by atoms with Crippen LogP contribution in [0.25, 0.3) is 0 Å². The van der Waals surface area contributed by atoms with E-state index in [0.29, 0.717) is 16.6 Å². The van der Waals surface area contributed by atoms with Gasteiger partial charge in [-0.15, -0.1) is 0 Å². The summed E-state index contributed by atoms with van der Waals surface area (Å²) in [5, 5.41) is 0.651. The molecule has 2 rings (SSSR count). The Bertz CT molecular complexity index is 724. The highest BCUT2D eigenvalue weighted by molar-refractivity contribution is 9.08. The van der Waals surface area contributed by atoms with Gasteiger partial charge in [0, 0.05) is 30.7 Å². The van der Waals surface area contributed by atoms with E-state index in [2.05, 4.69) is 15.9 Å². The van der Waals surface area contributed by atoms with Crippen molar-refractivity contribution in [3.63, 3.8) is 0 Å². The lowest BCUT2D eigenvalue weighted by Crippen LogP contribution is -2.16. The Morgan fingerprint density at radius 2 is 1.70 bits per heavy atom. The third-order valence-electron chi connectivity index (χ3n) is 3.52. The maximum Gasteiger partial charge on any atom is 0.237 e. The van der Waals surface area contributed by atoms with Gasteiger partial charge in [-0.3, -0.25) is 9.59 Å². The summed E-state index contributed by atoms with van der Waals surface area (Å²) in [6.07, 6.45) is 0. The van der Waals surface area contributed by atoms with Crippen molar-refractivity contribution in [1.82, 2.24) is 0 Å². The predicted molar refractivity (Wildman–Crippen MR) is 95.1 cm³/mol. The Morgan fingerprint density at radius 1 is 1.04 bits per heavy atom. The third kappa shape index (κ3) is 3.79. The molecule has 0 heterocycles. The number of carbonyl (C=O) groups excluding carboxylic acids is 2. The molecule has 0 aliphatic heterocycles. The van der Waals surface area contributed by atoms with Crippen LogP contribution in [0, 0.1) is 0 Å². The summed E-state index contributed by atoms with van der Waals surface area (Å²) in [5.74, 6) is -0.703. The monoisotopic (exact) mass is 375 g/mol. The standard InChI is InChI=1S/C18H18BrNO3/c1-20(2)14-7-5-13(6-8-14)17(21)18(22)15-9-4-12(11-19)10-16(15)23-3/h4-10H,11H2,1-3H3. The maximum atomic E-state index is 12.5. The molecule has 23 heavy (non-hydrogen) atoms. The molecule has 5 heteroatoms. The van der Waals surface area contributed by atoms with E-state index in [1.54, 1.807) is 30.3 Å². The summed E-state index contributed by atoms with van der Waals surface area (Å²) in [5.41, 5.74) is 2.58. The van der Waals surface area contributed by atoms with Crippen LogP contribution in [0.15, 0.2) is 42.5 Å². The van der Waals surface area contributed by atoms with Crippen molar-refractivity contribution >= 4 is 33.2 Å². The van der Waals surface area contributed by atoms with Crippen LogP contribution in [-0.2, 0) is 5.33 Å². The van der Waals surface area contributed by atoms with Gasteiger partial charge in [-0.2, -0.15) is 0 Å². The average molecular weight is 376 g/mol. The van der Waals surface area contributed by atoms with Crippen LogP contribution in [0.3, 0.4) is 0 Å². The number of hydrogen-bond donors (Lipinski definition) is 0. The van der Waals surface area contributed by atoms with Crippen LogP contribution in [-0.4, -0.2) is 32.8 Å². The number of anilines is 1. The molecule has 0 saturated heterocycles. The molecule has 120 valence electrons. The molecule has 0 aliphatic carbocycles. The van der Waals surface area contributed by atoms with Gasteiger partial charge >= 0.3 is 0 Å². The zero-order valence-corrected chi connectivity index (χ0v) is 14.9. The van der Waals surface area contributed by atoms with Gasteiger partial charge in [0.25, 0.3) is 0 Å². The number of ether oxygens (including phenoxy) is 1. The summed E-state index contributed by atoms with van der Waals surface area (Å²) in [4.78, 5) is 26.8. The van der Waals surface area contributed by atoms with Crippen molar-refractivity contribution in [2.24, 2.45) is 0 Å². The van der Waals surface area contributed by atoms with E-state index in [0.717, 1.165) is 11.3 Å². The third-order valence-corrected chi connectivity index (χ3v) is 4.16. The van der Waals surface area contributed by atoms with Gasteiger partial charge in [0.05, 0.1) is 12.7 Å². The quantitative estimate of drug-likeness (QED) is 0.438. The Kier molecular flexibility index (Phi) is 5.55. The molecule has 0 N–H and O–H groups in total. The van der Waals surface area contributed by atoms with Crippen LogP contribution in [0.2, 0.25) is 0 Å². The number of methoxy groups -OCH3 is 1. The Hall–Kier alpha value is -2.14. The molecule has 0 fully saturated rings. The minimum absolute atomic E-state index is 0.277. The molecule has 0 saturated carbocycles. The molecule has 0 spiro atoms. The van der Waals surface area contributed by atoms with E-state index >= 15 is 0 Å². The Morgan fingerprint density at radius 3 is 2.22 bits per heavy atom. The minimum atomic E-state index is -0.569. The van der Waals surface area contributed by atoms with Crippen molar-refractivity contribution in [1.29, 1.82) is 0 Å². The fourth-order valence-corrected chi connectivity index (χ4v) is 2.52. The van der Waals surface area contributed by atoms with Crippen LogP contribution < -0.4 is 9.64 Å². The molecular weight excluding hydrogens is 358 g/mol. The number of halogens is 1. The number of hydrogen-bond acceptors (Lipinski definition) is 4. The molecule has 0 unspecified atom stereocenters. The van der Waals surface area contributed by atoms with Crippen molar-refractivity contribution in [3.05, 3.63) is 59.2 Å². The molecule has 4 nitrogen and oxygen atoms in total. The Balaban J connectivity index is 2.31. The summed E-state index contributed by atoms with van der Waals surface area (Å²) < 4.78 is 5.25. The van der Waals surface area contributed by atoms with Gasteiger partial charge in [-0.1, -0.05) is 22.0 Å². The number of ketones is 2. The van der Waals surface area contributed by atoms with E-state index in [-0.39, 0.29) is 5.56 Å². The first kappa shape index (κ1) is 17.2. The maximum absolute atomic E-state index is 12.5. The van der Waals surface area contributed by atoms with Crippen molar-refractivity contribution in [3.8, 4) is 5.75 Å². The first-order valence-electron chi connectivity index (χ1n) is 7.07. The normalized spacial score (nSPS) is 10.3. The van der Waals surface area contributed by atoms with Crippen LogP contribution in [0.4, 0.5) is 5.69 Å². The van der Waals surface area contributed by atoms with Gasteiger partial charge in [-0.05, 0) is 42.0 Å². The highest BCUT2D eigenvalue weighted by atomic mass is 79.9. The van der Waals surface area contributed by atoms with Gasteiger partial charge in [0.2, 0.25) is 11.6 Å². The number of alkyl halides is 1. The fraction of sp³-hybridized carbons (Fsp3) is 0.222. The fourth-order valence-electron chi connectivity index (χ4n) is 2.17. The van der Waals surface area contributed by atoms with Gasteiger partial charge in [0.15, 0.2) is 0 Å². The lowest BCUT2D eigenvalue weighted by molar-refractivity contribution is 0.0815. The number of Topliss-reactive ketones (excluding diaryl/α,β-unsaturated/α-hetero) is 2. The van der Waals surface area contributed by atoms with Gasteiger partial charge < -0.3 is 9.64 Å². The molecule has 2 aromatic carbocycles. The van der Waals surface area contributed by atoms with E-state index in [1.807, 2.05) is 31.1 Å². The smallest absolute Gasteiger partial charge is 0.237 e. The highest BCUT2D eigenvalue weighted by Gasteiger charge is 2.22. The van der Waals surface area contributed by atoms with E-state index in [1.165, 1.54) is 7.11 Å². The predicted octanol–water partition coefficient (Wildman–Crippen LogP) is 3.72. The zero-order chi connectivity index (χ0) is 17.0. The highest BCUT2D eigenvalue weighted by Crippen LogP contribution is 2.24. The molecular formula is C18H18BrNO3. The summed E-state index contributed by atoms with van der Waals surface area (Å²) in [7, 11) is 5.32. The van der Waals surface area contributed by atoms with Crippen LogP contribution in [0.5, 0.6) is 5.75 Å². The van der Waals surface area contributed by atoms with Crippen molar-refractivity contribution in [2.45, 2.75) is 5.33 Å². The first-order valence-corrected chi connectivity index (χ1v) is 8.19. The van der Waals surface area contributed by atoms with Gasteiger partial charge in [0.1, 0.15) is 5.75 Å². The molecule has 0 atom stereocenters. The van der Waals surface area contributed by atoms with Gasteiger partial charge in [-0.25, -0.2) is 0 Å². The van der Waals surface area contributed by atoms with Crippen LogP contribution in [0.1, 0.15) is 26.3 Å². The molecule has 0 aliphatic rings. The number of carbonyl (C=O) groups is 2. The van der Waals surface area contributed by atoms with Crippen LogP contribution >= 0.6 is 15.9 Å². The summed E-state index contributed by atoms with van der Waals surface area (Å²) in [6.45, 7) is 0. The van der Waals surface area contributed by atoms with E-state index in [4.69, 9.17) is 4.74 Å². The second kappa shape index (κ2) is 7.42. The Labute approximate surface area is 144 Å². The number of benzene rings is 2. The second-order valence-corrected chi connectivity index (χ2v) is 5.83. The molecule has 2 aromatic rings. The lowest BCUT2D eigenvalue weighted by Gasteiger charge is -2.12. The zero-order valence-electron chi connectivity index (χ0n) is 13.3. The molecule has 0 amide bonds. The number of rotatable bonds is 6. The number of nitrogens with zero attached hydrogens (tertiary/aromatic N) is 1. The lowest BCUT2D eigenvalue weighted by atomic mass is 9.99. The molecule has 0 radical (unpaired) electrons. The molecule has 0 aromatic heterocycles. The van der Waals surface area contributed by atoms with Crippen molar-refractivity contribution < 1.29 is 14.3 Å². The van der Waals surface area contributed by atoms with E-state index in [9.17, 15) is 9.59 Å².